The molecule has 0 aromatic heterocycles. The quantitative estimate of drug-likeness (QED) is 0.806. The second kappa shape index (κ2) is 7.31. The molecule has 6 nitrogen and oxygen atoms in total. The van der Waals surface area contributed by atoms with E-state index in [-0.39, 0.29) is 17.1 Å². The van der Waals surface area contributed by atoms with E-state index in [2.05, 4.69) is 5.32 Å². The molecule has 28 heavy (non-hydrogen) atoms. The van der Waals surface area contributed by atoms with Gasteiger partial charge in [0.1, 0.15) is 0 Å². The van der Waals surface area contributed by atoms with Gasteiger partial charge in [-0.05, 0) is 50.1 Å². The van der Waals surface area contributed by atoms with Gasteiger partial charge < -0.3 is 15.0 Å². The fourth-order valence-electron chi connectivity index (χ4n) is 3.40. The standard InChI is InChI=1S/C21H20N2O4S/c1-12(20(25)23-10-9-14-5-3-4-6-17(14)23)27-21(26)15-7-8-18-16(11-15)22-19(24)13(2)28-18/h3-8,11-13H,9-10H2,1-2H3,(H,22,24)/t12-,13+/m1/s1. The lowest BCUT2D eigenvalue weighted by Crippen LogP contribution is -2.39. The molecule has 1 N–H and O–H groups in total. The Kier molecular flexibility index (Phi) is 4.85. The van der Waals surface area contributed by atoms with Gasteiger partial charge in [-0.15, -0.1) is 11.8 Å². The Bertz CT molecular complexity index is 975. The first-order valence-corrected chi connectivity index (χ1v) is 10.0. The molecule has 0 fully saturated rings. The second-order valence-corrected chi connectivity index (χ2v) is 8.26. The van der Waals surface area contributed by atoms with Crippen molar-refractivity contribution in [1.29, 1.82) is 0 Å². The van der Waals surface area contributed by atoms with Gasteiger partial charge in [0.05, 0.1) is 16.5 Å². The van der Waals surface area contributed by atoms with E-state index in [1.807, 2.05) is 31.2 Å². The van der Waals surface area contributed by atoms with E-state index < -0.39 is 12.1 Å². The molecule has 2 aliphatic rings. The van der Waals surface area contributed by atoms with Crippen LogP contribution in [0.3, 0.4) is 0 Å². The smallest absolute Gasteiger partial charge is 0.338 e. The first kappa shape index (κ1) is 18.6. The number of ether oxygens (including phenoxy) is 1. The molecule has 0 radical (unpaired) electrons. The molecule has 2 aromatic carbocycles. The van der Waals surface area contributed by atoms with Crippen molar-refractivity contribution in [3.63, 3.8) is 0 Å². The predicted molar refractivity (Wildman–Crippen MR) is 108 cm³/mol. The summed E-state index contributed by atoms with van der Waals surface area (Å²) in [4.78, 5) is 39.7. The summed E-state index contributed by atoms with van der Waals surface area (Å²) in [5, 5.41) is 2.62. The first-order chi connectivity index (χ1) is 13.4. The number of rotatable bonds is 3. The van der Waals surface area contributed by atoms with E-state index in [0.717, 1.165) is 22.6 Å². The molecule has 0 saturated heterocycles. The van der Waals surface area contributed by atoms with Crippen molar-refractivity contribution >= 4 is 40.9 Å². The van der Waals surface area contributed by atoms with Crippen molar-refractivity contribution in [2.45, 2.75) is 36.5 Å². The highest BCUT2D eigenvalue weighted by Gasteiger charge is 2.30. The van der Waals surface area contributed by atoms with Gasteiger partial charge in [0.2, 0.25) is 5.91 Å². The van der Waals surface area contributed by atoms with Crippen molar-refractivity contribution in [2.75, 3.05) is 16.8 Å². The summed E-state index contributed by atoms with van der Waals surface area (Å²) in [6, 6.07) is 12.8. The van der Waals surface area contributed by atoms with Crippen molar-refractivity contribution in [3.8, 4) is 0 Å². The number of carbonyl (C=O) groups is 3. The van der Waals surface area contributed by atoms with E-state index in [1.54, 1.807) is 30.0 Å². The van der Waals surface area contributed by atoms with Crippen LogP contribution in [0.25, 0.3) is 0 Å². The summed E-state index contributed by atoms with van der Waals surface area (Å²) < 4.78 is 5.41. The summed E-state index contributed by atoms with van der Waals surface area (Å²) in [6.07, 6.45) is -0.109. The molecule has 2 atom stereocenters. The van der Waals surface area contributed by atoms with Gasteiger partial charge in [0.25, 0.3) is 5.91 Å². The highest BCUT2D eigenvalue weighted by molar-refractivity contribution is 8.00. The highest BCUT2D eigenvalue weighted by Crippen LogP contribution is 2.36. The third-order valence-electron chi connectivity index (χ3n) is 4.93. The molecule has 2 aromatic rings. The molecular formula is C21H20N2O4S. The zero-order chi connectivity index (χ0) is 19.8. The Morgan fingerprint density at radius 1 is 1.25 bits per heavy atom. The summed E-state index contributed by atoms with van der Waals surface area (Å²) in [7, 11) is 0. The summed E-state index contributed by atoms with van der Waals surface area (Å²) in [5.74, 6) is -0.929. The van der Waals surface area contributed by atoms with Crippen LogP contribution in [0.5, 0.6) is 0 Å². The minimum absolute atomic E-state index is 0.0979. The summed E-state index contributed by atoms with van der Waals surface area (Å²) in [6.45, 7) is 3.99. The second-order valence-electron chi connectivity index (χ2n) is 6.88. The molecule has 4 rings (SSSR count). The van der Waals surface area contributed by atoms with Crippen LogP contribution in [0.2, 0.25) is 0 Å². The third kappa shape index (κ3) is 3.38. The van der Waals surface area contributed by atoms with Crippen LogP contribution in [0, 0.1) is 0 Å². The number of amides is 2. The van der Waals surface area contributed by atoms with Gasteiger partial charge in [-0.1, -0.05) is 18.2 Å². The van der Waals surface area contributed by atoms with Gasteiger partial charge in [-0.2, -0.15) is 0 Å². The van der Waals surface area contributed by atoms with Crippen molar-refractivity contribution in [3.05, 3.63) is 53.6 Å². The number of para-hydroxylation sites is 1. The molecule has 0 aliphatic carbocycles. The lowest BCUT2D eigenvalue weighted by atomic mass is 10.2. The monoisotopic (exact) mass is 396 g/mol. The number of benzene rings is 2. The van der Waals surface area contributed by atoms with Crippen LogP contribution < -0.4 is 10.2 Å². The number of esters is 1. The fourth-order valence-corrected chi connectivity index (χ4v) is 4.33. The van der Waals surface area contributed by atoms with Crippen LogP contribution in [0.15, 0.2) is 47.4 Å². The molecule has 144 valence electrons. The van der Waals surface area contributed by atoms with Crippen LogP contribution in [-0.4, -0.2) is 35.7 Å². The molecule has 2 heterocycles. The van der Waals surface area contributed by atoms with Gasteiger partial charge in [-0.3, -0.25) is 9.59 Å². The molecule has 7 heteroatoms. The minimum Gasteiger partial charge on any atom is -0.449 e. The van der Waals surface area contributed by atoms with Gasteiger partial charge in [0.15, 0.2) is 6.10 Å². The van der Waals surface area contributed by atoms with Gasteiger partial charge >= 0.3 is 5.97 Å². The molecule has 0 bridgehead atoms. The van der Waals surface area contributed by atoms with E-state index >= 15 is 0 Å². The normalized spacial score (nSPS) is 18.7. The van der Waals surface area contributed by atoms with E-state index in [9.17, 15) is 14.4 Å². The van der Waals surface area contributed by atoms with E-state index in [1.165, 1.54) is 11.8 Å². The van der Waals surface area contributed by atoms with Crippen LogP contribution in [-0.2, 0) is 20.7 Å². The predicted octanol–water partition coefficient (Wildman–Crippen LogP) is 3.25. The maximum atomic E-state index is 12.8. The summed E-state index contributed by atoms with van der Waals surface area (Å²) >= 11 is 1.44. The Morgan fingerprint density at radius 2 is 2.04 bits per heavy atom. The maximum Gasteiger partial charge on any atom is 0.338 e. The number of hydrogen-bond donors (Lipinski definition) is 1. The largest absolute Gasteiger partial charge is 0.449 e. The Balaban J connectivity index is 1.46. The van der Waals surface area contributed by atoms with Gasteiger partial charge in [-0.25, -0.2) is 4.79 Å². The average Bonchev–Trinajstić information content (AvgIpc) is 3.12. The number of nitrogens with one attached hydrogen (secondary N) is 1. The number of hydrogen-bond acceptors (Lipinski definition) is 5. The van der Waals surface area contributed by atoms with Crippen LogP contribution >= 0.6 is 11.8 Å². The molecule has 0 spiro atoms. The third-order valence-corrected chi connectivity index (χ3v) is 6.11. The van der Waals surface area contributed by atoms with E-state index in [0.29, 0.717) is 17.8 Å². The van der Waals surface area contributed by atoms with Crippen molar-refractivity contribution in [1.82, 2.24) is 0 Å². The molecular weight excluding hydrogens is 376 g/mol. The van der Waals surface area contributed by atoms with Crippen molar-refractivity contribution in [2.24, 2.45) is 0 Å². The summed E-state index contributed by atoms with van der Waals surface area (Å²) in [5.41, 5.74) is 2.88. The van der Waals surface area contributed by atoms with E-state index in [4.69, 9.17) is 4.74 Å². The fraction of sp³-hybridized carbons (Fsp3) is 0.286. The number of thioether (sulfide) groups is 1. The molecule has 0 saturated carbocycles. The zero-order valence-corrected chi connectivity index (χ0v) is 16.4. The lowest BCUT2D eigenvalue weighted by Gasteiger charge is -2.23. The van der Waals surface area contributed by atoms with Crippen molar-refractivity contribution < 1.29 is 19.1 Å². The maximum absolute atomic E-state index is 12.8. The number of nitrogens with zero attached hydrogens (tertiary/aromatic N) is 1. The number of fused-ring (bicyclic) bond motifs is 2. The number of carbonyl (C=O) groups excluding carboxylic acids is 3. The first-order valence-electron chi connectivity index (χ1n) is 9.16. The molecule has 2 aliphatic heterocycles. The van der Waals surface area contributed by atoms with Crippen LogP contribution in [0.4, 0.5) is 11.4 Å². The Morgan fingerprint density at radius 3 is 2.86 bits per heavy atom. The minimum atomic E-state index is -0.904. The van der Waals surface area contributed by atoms with Gasteiger partial charge in [0, 0.05) is 17.1 Å². The lowest BCUT2D eigenvalue weighted by molar-refractivity contribution is -0.126. The SMILES string of the molecule is C[C@@H]1Sc2ccc(C(=O)O[C@H](C)C(=O)N3CCc4ccccc43)cc2NC1=O. The van der Waals surface area contributed by atoms with Crippen LogP contribution in [0.1, 0.15) is 29.8 Å². The number of anilines is 2. The Labute approximate surface area is 167 Å². The molecule has 2 amide bonds. The topological polar surface area (TPSA) is 75.7 Å². The highest BCUT2D eigenvalue weighted by atomic mass is 32.2. The average molecular weight is 396 g/mol. The zero-order valence-electron chi connectivity index (χ0n) is 15.6. The molecule has 0 unspecified atom stereocenters. The Hall–Kier alpha value is -2.80.